The van der Waals surface area contributed by atoms with Crippen LogP contribution >= 0.6 is 0 Å². The minimum Gasteiger partial charge on any atom is -0.237 e. The molecule has 0 saturated heterocycles. The summed E-state index contributed by atoms with van der Waals surface area (Å²) in [7, 11) is 0. The van der Waals surface area contributed by atoms with Gasteiger partial charge in [0.15, 0.2) is 5.82 Å². The number of aromatic nitrogens is 2. The predicted molar refractivity (Wildman–Crippen MR) is 101 cm³/mol. The zero-order valence-corrected chi connectivity index (χ0v) is 15.0. The first-order chi connectivity index (χ1) is 11.8. The van der Waals surface area contributed by atoms with Gasteiger partial charge in [0.2, 0.25) is 0 Å². The molecular formula is C22H29N2. The van der Waals surface area contributed by atoms with Crippen LogP contribution in [0.1, 0.15) is 81.9 Å². The minimum atomic E-state index is 0.504. The van der Waals surface area contributed by atoms with Crippen molar-refractivity contribution in [3.05, 3.63) is 54.2 Å². The molecule has 0 N–H and O–H groups in total. The van der Waals surface area contributed by atoms with E-state index in [1.807, 2.05) is 6.20 Å². The van der Waals surface area contributed by atoms with Crippen molar-refractivity contribution in [1.29, 1.82) is 0 Å². The van der Waals surface area contributed by atoms with Gasteiger partial charge in [-0.15, -0.1) is 0 Å². The second-order valence-electron chi connectivity index (χ2n) is 7.11. The lowest BCUT2D eigenvalue weighted by molar-refractivity contribution is 0.512. The molecular weight excluding hydrogens is 292 g/mol. The van der Waals surface area contributed by atoms with Crippen LogP contribution in [0.15, 0.2) is 36.5 Å². The predicted octanol–water partition coefficient (Wildman–Crippen LogP) is 6.30. The quantitative estimate of drug-likeness (QED) is 0.624. The molecule has 2 heteroatoms. The molecule has 1 heterocycles. The third-order valence-corrected chi connectivity index (χ3v) is 5.25. The Morgan fingerprint density at radius 2 is 1.83 bits per heavy atom. The van der Waals surface area contributed by atoms with Gasteiger partial charge in [-0.05, 0) is 62.0 Å². The second kappa shape index (κ2) is 8.41. The Labute approximate surface area is 146 Å². The molecule has 1 aliphatic rings. The topological polar surface area (TPSA) is 25.8 Å². The van der Waals surface area contributed by atoms with Gasteiger partial charge in [-0.25, -0.2) is 9.97 Å². The van der Waals surface area contributed by atoms with E-state index in [9.17, 15) is 0 Å². The van der Waals surface area contributed by atoms with Gasteiger partial charge in [-0.1, -0.05) is 51.0 Å². The van der Waals surface area contributed by atoms with Crippen LogP contribution < -0.4 is 0 Å². The maximum Gasteiger partial charge on any atom is 0.159 e. The van der Waals surface area contributed by atoms with E-state index < -0.39 is 0 Å². The molecule has 1 atom stereocenters. The summed E-state index contributed by atoms with van der Waals surface area (Å²) >= 11 is 0. The van der Waals surface area contributed by atoms with Crippen molar-refractivity contribution >= 4 is 0 Å². The molecule has 0 bridgehead atoms. The van der Waals surface area contributed by atoms with Gasteiger partial charge in [0, 0.05) is 17.5 Å². The highest BCUT2D eigenvalue weighted by atomic mass is 14.9. The normalized spacial score (nSPS) is 16.9. The Hall–Kier alpha value is -1.70. The molecule has 1 saturated carbocycles. The Morgan fingerprint density at radius 3 is 2.54 bits per heavy atom. The van der Waals surface area contributed by atoms with Crippen molar-refractivity contribution in [1.82, 2.24) is 9.97 Å². The highest BCUT2D eigenvalue weighted by molar-refractivity contribution is 5.55. The lowest BCUT2D eigenvalue weighted by Gasteiger charge is -2.21. The van der Waals surface area contributed by atoms with Crippen LogP contribution in [0.2, 0.25) is 0 Å². The van der Waals surface area contributed by atoms with Crippen LogP contribution in [0.25, 0.3) is 11.4 Å². The molecule has 2 aromatic rings. The molecule has 1 radical (unpaired) electrons. The Kier molecular flexibility index (Phi) is 6.01. The fourth-order valence-corrected chi connectivity index (χ4v) is 3.61. The van der Waals surface area contributed by atoms with E-state index in [1.54, 1.807) is 0 Å². The maximum absolute atomic E-state index is 4.82. The summed E-state index contributed by atoms with van der Waals surface area (Å²) < 4.78 is 0. The van der Waals surface area contributed by atoms with Crippen molar-refractivity contribution < 1.29 is 0 Å². The molecule has 3 rings (SSSR count). The smallest absolute Gasteiger partial charge is 0.159 e. The standard InChI is InChI=1S/C22H29N2/c1-3-4-8-17(2)21-15-16-23-22(24-21)20-13-11-19(12-14-20)18-9-6-5-7-10-18/h5,11-18H,3-4,6-10H2,1-2H3. The number of unbranched alkanes of at least 4 members (excludes halogenated alkanes) is 1. The third kappa shape index (κ3) is 4.23. The third-order valence-electron chi connectivity index (χ3n) is 5.25. The first kappa shape index (κ1) is 17.1. The molecule has 1 unspecified atom stereocenters. The number of nitrogens with zero attached hydrogens (tertiary/aromatic N) is 2. The van der Waals surface area contributed by atoms with E-state index in [0.29, 0.717) is 5.92 Å². The maximum atomic E-state index is 4.82. The SMILES string of the molecule is CCCCC(C)c1ccnc(-c2ccc(C3CC[CH]CC3)cc2)n1. The zero-order chi connectivity index (χ0) is 16.8. The summed E-state index contributed by atoms with van der Waals surface area (Å²) in [6, 6.07) is 11.0. The Bertz CT molecular complexity index is 627. The summed E-state index contributed by atoms with van der Waals surface area (Å²) in [6.45, 7) is 4.51. The van der Waals surface area contributed by atoms with Crippen LogP contribution in [0.4, 0.5) is 0 Å². The zero-order valence-electron chi connectivity index (χ0n) is 15.0. The van der Waals surface area contributed by atoms with E-state index in [2.05, 4.69) is 55.6 Å². The first-order valence-corrected chi connectivity index (χ1v) is 9.53. The average Bonchev–Trinajstić information content (AvgIpc) is 2.67. The van der Waals surface area contributed by atoms with Crippen LogP contribution in [0.3, 0.4) is 0 Å². The van der Waals surface area contributed by atoms with E-state index in [0.717, 1.165) is 17.3 Å². The van der Waals surface area contributed by atoms with Gasteiger partial charge in [0.25, 0.3) is 0 Å². The van der Waals surface area contributed by atoms with Gasteiger partial charge in [-0.3, -0.25) is 0 Å². The van der Waals surface area contributed by atoms with Gasteiger partial charge in [0.05, 0.1) is 0 Å². The van der Waals surface area contributed by atoms with Gasteiger partial charge < -0.3 is 0 Å². The molecule has 1 aromatic carbocycles. The van der Waals surface area contributed by atoms with Crippen LogP contribution in [0, 0.1) is 6.42 Å². The minimum absolute atomic E-state index is 0.504. The highest BCUT2D eigenvalue weighted by Gasteiger charge is 2.16. The largest absolute Gasteiger partial charge is 0.237 e. The number of hydrogen-bond donors (Lipinski definition) is 0. The molecule has 1 aromatic heterocycles. The van der Waals surface area contributed by atoms with Crippen molar-refractivity contribution in [2.45, 2.75) is 70.6 Å². The molecule has 2 nitrogen and oxygen atoms in total. The van der Waals surface area contributed by atoms with Crippen molar-refractivity contribution in [3.63, 3.8) is 0 Å². The average molecular weight is 321 g/mol. The fraction of sp³-hybridized carbons (Fsp3) is 0.500. The summed E-state index contributed by atoms with van der Waals surface area (Å²) in [4.78, 5) is 9.32. The summed E-state index contributed by atoms with van der Waals surface area (Å²) in [6.07, 6.45) is 13.1. The molecule has 0 amide bonds. The number of hydrogen-bond acceptors (Lipinski definition) is 2. The molecule has 1 fully saturated rings. The monoisotopic (exact) mass is 321 g/mol. The van der Waals surface area contributed by atoms with Crippen LogP contribution in [0.5, 0.6) is 0 Å². The number of rotatable bonds is 6. The number of benzene rings is 1. The molecule has 1 aliphatic carbocycles. The molecule has 0 aliphatic heterocycles. The van der Waals surface area contributed by atoms with Gasteiger partial charge in [0.1, 0.15) is 0 Å². The van der Waals surface area contributed by atoms with Crippen LogP contribution in [-0.2, 0) is 0 Å². The van der Waals surface area contributed by atoms with Crippen molar-refractivity contribution in [3.8, 4) is 11.4 Å². The van der Waals surface area contributed by atoms with E-state index in [4.69, 9.17) is 4.98 Å². The highest BCUT2D eigenvalue weighted by Crippen LogP contribution is 2.33. The van der Waals surface area contributed by atoms with E-state index in [1.165, 1.54) is 56.2 Å². The summed E-state index contributed by atoms with van der Waals surface area (Å²) in [5.41, 5.74) is 3.77. The van der Waals surface area contributed by atoms with Crippen molar-refractivity contribution in [2.24, 2.45) is 0 Å². The molecule has 24 heavy (non-hydrogen) atoms. The Balaban J connectivity index is 1.74. The molecule has 127 valence electrons. The second-order valence-corrected chi connectivity index (χ2v) is 7.11. The Morgan fingerprint density at radius 1 is 1.08 bits per heavy atom. The van der Waals surface area contributed by atoms with Gasteiger partial charge >= 0.3 is 0 Å². The lowest BCUT2D eigenvalue weighted by Crippen LogP contribution is -2.05. The molecule has 0 spiro atoms. The van der Waals surface area contributed by atoms with E-state index >= 15 is 0 Å². The van der Waals surface area contributed by atoms with Crippen molar-refractivity contribution in [2.75, 3.05) is 0 Å². The van der Waals surface area contributed by atoms with E-state index in [-0.39, 0.29) is 0 Å². The summed E-state index contributed by atoms with van der Waals surface area (Å²) in [5, 5.41) is 0. The lowest BCUT2D eigenvalue weighted by atomic mass is 9.84. The van der Waals surface area contributed by atoms with Gasteiger partial charge in [-0.2, -0.15) is 0 Å². The van der Waals surface area contributed by atoms with Crippen LogP contribution in [-0.4, -0.2) is 9.97 Å². The first-order valence-electron chi connectivity index (χ1n) is 9.53. The fourth-order valence-electron chi connectivity index (χ4n) is 3.61. The summed E-state index contributed by atoms with van der Waals surface area (Å²) in [5.74, 6) is 2.09.